The van der Waals surface area contributed by atoms with E-state index in [-0.39, 0.29) is 23.0 Å². The van der Waals surface area contributed by atoms with Crippen LogP contribution in [0.15, 0.2) is 58.5 Å². The number of fused-ring (bicyclic) bond motifs is 1. The molecule has 0 unspecified atom stereocenters. The number of thioether (sulfide) groups is 1. The normalized spacial score (nSPS) is 12.4. The second-order valence-electron chi connectivity index (χ2n) is 7.03. The van der Waals surface area contributed by atoms with E-state index < -0.39 is 4.92 Å². The van der Waals surface area contributed by atoms with Gasteiger partial charge in [0.25, 0.3) is 5.69 Å². The van der Waals surface area contributed by atoms with Crippen molar-refractivity contribution in [2.24, 2.45) is 0 Å². The van der Waals surface area contributed by atoms with Gasteiger partial charge in [-0.3, -0.25) is 24.5 Å². The lowest BCUT2D eigenvalue weighted by molar-refractivity contribution is -0.384. The molecule has 0 bridgehead atoms. The third-order valence-corrected chi connectivity index (χ3v) is 5.95. The molecule has 1 N–H and O–H groups in total. The van der Waals surface area contributed by atoms with Gasteiger partial charge in [-0.05, 0) is 37.5 Å². The number of nitro benzene ring substituents is 1. The Morgan fingerprint density at radius 3 is 2.87 bits per heavy atom. The Hall–Kier alpha value is -3.53. The number of carbonyl (C=O) groups excluding carboxylic acids is 1. The number of benzene rings is 1. The number of hydrogen-bond donors (Lipinski definition) is 1. The van der Waals surface area contributed by atoms with E-state index in [0.717, 1.165) is 36.2 Å². The second-order valence-corrected chi connectivity index (χ2v) is 7.99. The summed E-state index contributed by atoms with van der Waals surface area (Å²) in [6, 6.07) is 11.3. The standard InChI is InChI=1S/C21H19N5O4S/c27-19(23-14-6-3-7-16(11-14)26(29)30)13-31-20-17-8-4-9-18(17)25(21(28)24-20)12-15-5-1-2-10-22-15/h1-3,5-7,10-11H,4,8-9,12-13H2,(H,23,27). The summed E-state index contributed by atoms with van der Waals surface area (Å²) in [7, 11) is 0. The van der Waals surface area contributed by atoms with Crippen LogP contribution >= 0.6 is 11.8 Å². The molecule has 0 saturated heterocycles. The number of anilines is 1. The summed E-state index contributed by atoms with van der Waals surface area (Å²) >= 11 is 1.21. The molecule has 1 aliphatic rings. The minimum absolute atomic E-state index is 0.0474. The van der Waals surface area contributed by atoms with Gasteiger partial charge >= 0.3 is 5.69 Å². The SMILES string of the molecule is O=C(CSc1nc(=O)n(Cc2ccccn2)c2c1CCC2)Nc1cccc([N+](=O)[O-])c1. The Labute approximate surface area is 181 Å². The molecule has 158 valence electrons. The maximum Gasteiger partial charge on any atom is 0.349 e. The van der Waals surface area contributed by atoms with Crippen LogP contribution in [0.2, 0.25) is 0 Å². The summed E-state index contributed by atoms with van der Waals surface area (Å²) in [4.78, 5) is 43.9. The lowest BCUT2D eigenvalue weighted by Gasteiger charge is -2.14. The molecule has 2 heterocycles. The van der Waals surface area contributed by atoms with Crippen molar-refractivity contribution in [1.29, 1.82) is 0 Å². The van der Waals surface area contributed by atoms with Crippen LogP contribution in [0.3, 0.4) is 0 Å². The van der Waals surface area contributed by atoms with Crippen molar-refractivity contribution in [2.45, 2.75) is 30.8 Å². The molecule has 0 atom stereocenters. The molecule has 0 saturated carbocycles. The van der Waals surface area contributed by atoms with Crippen LogP contribution in [0.1, 0.15) is 23.4 Å². The highest BCUT2D eigenvalue weighted by atomic mass is 32.2. The molecule has 1 amide bonds. The van der Waals surface area contributed by atoms with Gasteiger partial charge < -0.3 is 5.32 Å². The van der Waals surface area contributed by atoms with Gasteiger partial charge in [-0.2, -0.15) is 4.98 Å². The minimum atomic E-state index is -0.516. The zero-order valence-electron chi connectivity index (χ0n) is 16.5. The Bertz CT molecular complexity index is 1200. The van der Waals surface area contributed by atoms with Gasteiger partial charge in [0, 0.05) is 35.3 Å². The van der Waals surface area contributed by atoms with Crippen molar-refractivity contribution < 1.29 is 9.72 Å². The summed E-state index contributed by atoms with van der Waals surface area (Å²) in [5, 5.41) is 14.1. The van der Waals surface area contributed by atoms with E-state index in [4.69, 9.17) is 0 Å². The second kappa shape index (κ2) is 9.09. The summed E-state index contributed by atoms with van der Waals surface area (Å²) in [5.74, 6) is -0.275. The highest BCUT2D eigenvalue weighted by molar-refractivity contribution is 8.00. The molecule has 31 heavy (non-hydrogen) atoms. The molecule has 1 aromatic carbocycles. The summed E-state index contributed by atoms with van der Waals surface area (Å²) in [5.41, 5.74) is 2.64. The molecule has 2 aromatic heterocycles. The van der Waals surface area contributed by atoms with E-state index in [0.29, 0.717) is 17.3 Å². The van der Waals surface area contributed by atoms with E-state index in [1.165, 1.54) is 30.0 Å². The first-order chi connectivity index (χ1) is 15.0. The van der Waals surface area contributed by atoms with E-state index >= 15 is 0 Å². The fourth-order valence-corrected chi connectivity index (χ4v) is 4.43. The van der Waals surface area contributed by atoms with Crippen LogP contribution in [0.5, 0.6) is 0 Å². The minimum Gasteiger partial charge on any atom is -0.325 e. The van der Waals surface area contributed by atoms with E-state index in [1.807, 2.05) is 18.2 Å². The smallest absolute Gasteiger partial charge is 0.325 e. The van der Waals surface area contributed by atoms with Crippen molar-refractivity contribution in [3.8, 4) is 0 Å². The number of pyridine rings is 1. The fraction of sp³-hybridized carbons (Fsp3) is 0.238. The molecule has 10 heteroatoms. The molecule has 1 aliphatic carbocycles. The molecule has 0 radical (unpaired) electrons. The molecule has 0 aliphatic heterocycles. The monoisotopic (exact) mass is 437 g/mol. The van der Waals surface area contributed by atoms with Crippen LogP contribution in [-0.2, 0) is 24.2 Å². The van der Waals surface area contributed by atoms with Crippen LogP contribution in [0.25, 0.3) is 0 Å². The van der Waals surface area contributed by atoms with Crippen LogP contribution in [0, 0.1) is 10.1 Å². The third kappa shape index (κ3) is 4.80. The number of aromatic nitrogens is 3. The zero-order chi connectivity index (χ0) is 21.8. The highest BCUT2D eigenvalue weighted by Crippen LogP contribution is 2.29. The number of nitrogens with zero attached hydrogens (tertiary/aromatic N) is 4. The van der Waals surface area contributed by atoms with Crippen LogP contribution in [0.4, 0.5) is 11.4 Å². The largest absolute Gasteiger partial charge is 0.349 e. The van der Waals surface area contributed by atoms with E-state index in [2.05, 4.69) is 15.3 Å². The van der Waals surface area contributed by atoms with Crippen molar-refractivity contribution in [3.63, 3.8) is 0 Å². The first-order valence-corrected chi connectivity index (χ1v) is 10.7. The number of amides is 1. The Balaban J connectivity index is 1.48. The van der Waals surface area contributed by atoms with Crippen molar-refractivity contribution in [1.82, 2.24) is 14.5 Å². The molecule has 0 spiro atoms. The highest BCUT2D eigenvalue weighted by Gasteiger charge is 2.23. The summed E-state index contributed by atoms with van der Waals surface area (Å²) < 4.78 is 1.66. The lowest BCUT2D eigenvalue weighted by Crippen LogP contribution is -2.28. The summed E-state index contributed by atoms with van der Waals surface area (Å²) in [6.45, 7) is 0.368. The molecule has 9 nitrogen and oxygen atoms in total. The quantitative estimate of drug-likeness (QED) is 0.261. The number of hydrogen-bond acceptors (Lipinski definition) is 7. The van der Waals surface area contributed by atoms with Gasteiger partial charge in [0.1, 0.15) is 5.03 Å². The van der Waals surface area contributed by atoms with Gasteiger partial charge in [0.15, 0.2) is 0 Å². The maximum absolute atomic E-state index is 12.7. The van der Waals surface area contributed by atoms with Crippen molar-refractivity contribution in [2.75, 3.05) is 11.1 Å². The van der Waals surface area contributed by atoms with E-state index in [9.17, 15) is 19.7 Å². The molecule has 4 rings (SSSR count). The lowest BCUT2D eigenvalue weighted by atomic mass is 10.2. The number of carbonyl (C=O) groups is 1. The maximum atomic E-state index is 12.7. The Kier molecular flexibility index (Phi) is 6.08. The molecule has 0 fully saturated rings. The zero-order valence-corrected chi connectivity index (χ0v) is 17.3. The Morgan fingerprint density at radius 2 is 2.10 bits per heavy atom. The number of nitro groups is 1. The average molecular weight is 437 g/mol. The topological polar surface area (TPSA) is 120 Å². The summed E-state index contributed by atoms with van der Waals surface area (Å²) in [6.07, 6.45) is 4.21. The predicted molar refractivity (Wildman–Crippen MR) is 116 cm³/mol. The van der Waals surface area contributed by atoms with Gasteiger partial charge in [-0.25, -0.2) is 4.79 Å². The van der Waals surface area contributed by atoms with E-state index in [1.54, 1.807) is 16.8 Å². The number of rotatable bonds is 7. The number of non-ortho nitro benzene ring substituents is 1. The molecular formula is C21H19N5O4S. The molecule has 3 aromatic rings. The van der Waals surface area contributed by atoms with Gasteiger partial charge in [0.05, 0.1) is 22.9 Å². The van der Waals surface area contributed by atoms with Crippen molar-refractivity contribution >= 4 is 29.0 Å². The van der Waals surface area contributed by atoms with Gasteiger partial charge in [0.2, 0.25) is 5.91 Å². The van der Waals surface area contributed by atoms with Crippen LogP contribution in [-0.4, -0.2) is 31.1 Å². The molecular weight excluding hydrogens is 418 g/mol. The van der Waals surface area contributed by atoms with Gasteiger partial charge in [-0.15, -0.1) is 0 Å². The first-order valence-electron chi connectivity index (χ1n) is 9.71. The first kappa shape index (κ1) is 20.7. The van der Waals surface area contributed by atoms with Crippen molar-refractivity contribution in [3.05, 3.63) is 86.2 Å². The van der Waals surface area contributed by atoms with Crippen LogP contribution < -0.4 is 11.0 Å². The predicted octanol–water partition coefficient (Wildman–Crippen LogP) is 2.81. The fourth-order valence-electron chi connectivity index (χ4n) is 3.55. The Morgan fingerprint density at radius 1 is 1.23 bits per heavy atom. The van der Waals surface area contributed by atoms with Gasteiger partial charge in [-0.1, -0.05) is 23.9 Å². The average Bonchev–Trinajstić information content (AvgIpc) is 3.25. The number of nitrogens with one attached hydrogen (secondary N) is 1. The third-order valence-electron chi connectivity index (χ3n) is 4.93.